The summed E-state index contributed by atoms with van der Waals surface area (Å²) in [4.78, 5) is 38.7. The van der Waals surface area contributed by atoms with Gasteiger partial charge in [-0.1, -0.05) is 28.9 Å². The lowest BCUT2D eigenvalue weighted by Gasteiger charge is -2.31. The van der Waals surface area contributed by atoms with E-state index in [9.17, 15) is 14.4 Å². The molecule has 3 rings (SSSR count). The first-order chi connectivity index (χ1) is 15.6. The van der Waals surface area contributed by atoms with Gasteiger partial charge in [-0.05, 0) is 45.7 Å². The summed E-state index contributed by atoms with van der Waals surface area (Å²) >= 11 is 6.02. The van der Waals surface area contributed by atoms with Crippen LogP contribution in [0, 0.1) is 5.92 Å². The lowest BCUT2D eigenvalue weighted by atomic mass is 9.97. The van der Waals surface area contributed by atoms with Crippen LogP contribution < -0.4 is 10.6 Å². The number of nitrogens with one attached hydrogen (secondary N) is 2. The second-order valence-corrected chi connectivity index (χ2v) is 9.33. The first-order valence-corrected chi connectivity index (χ1v) is 11.3. The molecule has 9 nitrogen and oxygen atoms in total. The number of nitrogens with zero attached hydrogens (tertiary/aromatic N) is 2. The zero-order valence-corrected chi connectivity index (χ0v) is 19.8. The minimum Gasteiger partial charge on any atom is -0.444 e. The highest BCUT2D eigenvalue weighted by Crippen LogP contribution is 2.25. The van der Waals surface area contributed by atoms with Crippen LogP contribution in [0.25, 0.3) is 11.3 Å². The summed E-state index contributed by atoms with van der Waals surface area (Å²) in [5, 5.41) is 9.87. The molecule has 1 aliphatic rings. The van der Waals surface area contributed by atoms with Crippen molar-refractivity contribution in [1.29, 1.82) is 0 Å². The van der Waals surface area contributed by atoms with E-state index in [0.717, 1.165) is 5.56 Å². The summed E-state index contributed by atoms with van der Waals surface area (Å²) in [6.45, 7) is 6.70. The van der Waals surface area contributed by atoms with Gasteiger partial charge in [0.15, 0.2) is 11.5 Å². The van der Waals surface area contributed by atoms with E-state index in [0.29, 0.717) is 36.7 Å². The van der Waals surface area contributed by atoms with Crippen molar-refractivity contribution >= 4 is 29.5 Å². The van der Waals surface area contributed by atoms with E-state index < -0.39 is 11.7 Å². The number of hydrogen-bond acceptors (Lipinski definition) is 6. The molecular formula is C23H29ClN4O5. The zero-order chi connectivity index (χ0) is 24.0. The minimum atomic E-state index is -0.579. The number of ether oxygens (including phenoxy) is 1. The predicted octanol–water partition coefficient (Wildman–Crippen LogP) is 3.49. The zero-order valence-electron chi connectivity index (χ0n) is 19.0. The van der Waals surface area contributed by atoms with Gasteiger partial charge in [0.1, 0.15) is 5.60 Å². The molecule has 2 N–H and O–H groups in total. The van der Waals surface area contributed by atoms with Crippen molar-refractivity contribution < 1.29 is 23.6 Å². The smallest absolute Gasteiger partial charge is 0.407 e. The molecule has 1 saturated heterocycles. The molecule has 178 valence electrons. The summed E-state index contributed by atoms with van der Waals surface area (Å²) in [6.07, 6.45) is 0.858. The molecule has 2 heterocycles. The minimum absolute atomic E-state index is 0.154. The van der Waals surface area contributed by atoms with E-state index in [1.807, 2.05) is 6.07 Å². The van der Waals surface area contributed by atoms with Crippen LogP contribution in [0.1, 0.15) is 44.1 Å². The van der Waals surface area contributed by atoms with Crippen molar-refractivity contribution in [2.24, 2.45) is 5.92 Å². The van der Waals surface area contributed by atoms with Gasteiger partial charge in [-0.2, -0.15) is 0 Å². The van der Waals surface area contributed by atoms with Crippen LogP contribution >= 0.6 is 11.6 Å². The first kappa shape index (κ1) is 24.6. The molecule has 0 saturated carbocycles. The Labute approximate surface area is 197 Å². The fraction of sp³-hybridized carbons (Fsp3) is 0.478. The number of hydrogen-bond donors (Lipinski definition) is 2. The van der Waals surface area contributed by atoms with Crippen LogP contribution in [0.5, 0.6) is 0 Å². The van der Waals surface area contributed by atoms with E-state index in [4.69, 9.17) is 20.9 Å². The first-order valence-electron chi connectivity index (χ1n) is 10.9. The molecule has 2 aromatic rings. The van der Waals surface area contributed by atoms with Crippen molar-refractivity contribution in [2.75, 3.05) is 26.2 Å². The molecule has 3 amide bonds. The topological polar surface area (TPSA) is 114 Å². The van der Waals surface area contributed by atoms with Crippen LogP contribution in [0.2, 0.25) is 5.02 Å². The SMILES string of the molecule is CC(C)(C)OC(=O)NCCNC(=O)C1CCCN(C(=O)c2cc(-c3cccc(Cl)c3)on2)C1. The maximum absolute atomic E-state index is 12.9. The molecule has 1 fully saturated rings. The number of piperidine rings is 1. The number of likely N-dealkylation sites (tertiary alicyclic amines) is 1. The second kappa shape index (κ2) is 10.7. The molecule has 1 atom stereocenters. The van der Waals surface area contributed by atoms with Crippen molar-refractivity contribution in [1.82, 2.24) is 20.7 Å². The standard InChI is InChI=1S/C23H29ClN4O5/c1-23(2,3)32-22(31)26-10-9-25-20(29)16-7-5-11-28(14-16)21(30)18-13-19(33-27-18)15-6-4-8-17(24)12-15/h4,6,8,12-13,16H,5,7,9-11,14H2,1-3H3,(H,25,29)(H,26,31). The number of alkyl carbamates (subject to hydrolysis) is 1. The average Bonchev–Trinajstić information content (AvgIpc) is 3.25. The van der Waals surface area contributed by atoms with Gasteiger partial charge in [-0.15, -0.1) is 0 Å². The fourth-order valence-corrected chi connectivity index (χ4v) is 3.69. The predicted molar refractivity (Wildman–Crippen MR) is 123 cm³/mol. The molecule has 1 aromatic heterocycles. The molecule has 0 aliphatic carbocycles. The third-order valence-electron chi connectivity index (χ3n) is 5.01. The van der Waals surface area contributed by atoms with E-state index in [1.165, 1.54) is 0 Å². The lowest BCUT2D eigenvalue weighted by Crippen LogP contribution is -2.46. The fourth-order valence-electron chi connectivity index (χ4n) is 3.50. The van der Waals surface area contributed by atoms with E-state index in [1.54, 1.807) is 49.9 Å². The van der Waals surface area contributed by atoms with Crippen LogP contribution in [0.15, 0.2) is 34.9 Å². The monoisotopic (exact) mass is 476 g/mol. The molecule has 1 aromatic carbocycles. The molecule has 1 unspecified atom stereocenters. The Bertz CT molecular complexity index is 1000. The van der Waals surface area contributed by atoms with Gasteiger partial charge in [0.05, 0.1) is 5.92 Å². The third-order valence-corrected chi connectivity index (χ3v) is 5.25. The molecule has 10 heteroatoms. The van der Waals surface area contributed by atoms with Gasteiger partial charge >= 0.3 is 6.09 Å². The van der Waals surface area contributed by atoms with Gasteiger partial charge in [-0.25, -0.2) is 4.79 Å². The van der Waals surface area contributed by atoms with E-state index in [-0.39, 0.29) is 36.5 Å². The summed E-state index contributed by atoms with van der Waals surface area (Å²) < 4.78 is 10.5. The van der Waals surface area contributed by atoms with Gasteiger partial charge in [0.2, 0.25) is 5.91 Å². The quantitative estimate of drug-likeness (QED) is 0.617. The van der Waals surface area contributed by atoms with E-state index in [2.05, 4.69) is 15.8 Å². The van der Waals surface area contributed by atoms with Crippen LogP contribution in [-0.2, 0) is 9.53 Å². The number of aromatic nitrogens is 1. The number of benzene rings is 1. The Balaban J connectivity index is 1.49. The van der Waals surface area contributed by atoms with Crippen molar-refractivity contribution in [3.05, 3.63) is 41.0 Å². The van der Waals surface area contributed by atoms with Crippen LogP contribution in [0.4, 0.5) is 4.79 Å². The van der Waals surface area contributed by atoms with Crippen molar-refractivity contribution in [2.45, 2.75) is 39.2 Å². The second-order valence-electron chi connectivity index (χ2n) is 8.90. The van der Waals surface area contributed by atoms with Crippen LogP contribution in [-0.4, -0.2) is 59.7 Å². The van der Waals surface area contributed by atoms with Gasteiger partial charge in [-0.3, -0.25) is 9.59 Å². The molecule has 0 bridgehead atoms. The van der Waals surface area contributed by atoms with Crippen LogP contribution in [0.3, 0.4) is 0 Å². The molecule has 0 radical (unpaired) electrons. The number of halogens is 1. The maximum atomic E-state index is 12.9. The largest absolute Gasteiger partial charge is 0.444 e. The number of amides is 3. The highest BCUT2D eigenvalue weighted by molar-refractivity contribution is 6.30. The van der Waals surface area contributed by atoms with E-state index >= 15 is 0 Å². The molecule has 1 aliphatic heterocycles. The Hall–Kier alpha value is -3.07. The highest BCUT2D eigenvalue weighted by atomic mass is 35.5. The van der Waals surface area contributed by atoms with Gasteiger partial charge in [0, 0.05) is 42.8 Å². The number of carbonyl (C=O) groups excluding carboxylic acids is 3. The molecule has 0 spiro atoms. The Morgan fingerprint density at radius 1 is 1.21 bits per heavy atom. The number of carbonyl (C=O) groups is 3. The summed E-state index contributed by atoms with van der Waals surface area (Å²) in [5.41, 5.74) is 0.335. The third kappa shape index (κ3) is 7.21. The Kier molecular flexibility index (Phi) is 7.97. The summed E-state index contributed by atoms with van der Waals surface area (Å²) in [5.74, 6) is -0.317. The normalized spacial score (nSPS) is 16.2. The molecular weight excluding hydrogens is 448 g/mol. The molecule has 33 heavy (non-hydrogen) atoms. The highest BCUT2D eigenvalue weighted by Gasteiger charge is 2.30. The Morgan fingerprint density at radius 2 is 1.97 bits per heavy atom. The van der Waals surface area contributed by atoms with Crippen molar-refractivity contribution in [3.63, 3.8) is 0 Å². The summed E-state index contributed by atoms with van der Waals surface area (Å²) in [6, 6.07) is 8.67. The lowest BCUT2D eigenvalue weighted by molar-refractivity contribution is -0.126. The number of rotatable bonds is 6. The van der Waals surface area contributed by atoms with Gasteiger partial charge in [0.25, 0.3) is 5.91 Å². The summed E-state index contributed by atoms with van der Waals surface area (Å²) in [7, 11) is 0. The Morgan fingerprint density at radius 3 is 2.70 bits per heavy atom. The maximum Gasteiger partial charge on any atom is 0.407 e. The average molecular weight is 477 g/mol. The van der Waals surface area contributed by atoms with Gasteiger partial charge < -0.3 is 24.8 Å². The van der Waals surface area contributed by atoms with Crippen molar-refractivity contribution in [3.8, 4) is 11.3 Å².